The van der Waals surface area contributed by atoms with E-state index in [-0.39, 0.29) is 22.7 Å². The van der Waals surface area contributed by atoms with E-state index in [1.54, 1.807) is 12.1 Å². The maximum atomic E-state index is 12.6. The summed E-state index contributed by atoms with van der Waals surface area (Å²) in [5.41, 5.74) is 2.49. The zero-order valence-electron chi connectivity index (χ0n) is 19.3. The summed E-state index contributed by atoms with van der Waals surface area (Å²) >= 11 is 0. The second-order valence-corrected chi connectivity index (χ2v) is 10.1. The second kappa shape index (κ2) is 7.39. The number of hydrogen-bond donors (Lipinski definition) is 2. The highest BCUT2D eigenvalue weighted by atomic mass is 16.6. The lowest BCUT2D eigenvalue weighted by Crippen LogP contribution is -2.46. The molecule has 33 heavy (non-hydrogen) atoms. The van der Waals surface area contributed by atoms with Gasteiger partial charge in [-0.3, -0.25) is 0 Å². The Hall–Kier alpha value is -3.25. The third-order valence-electron chi connectivity index (χ3n) is 6.58. The zero-order chi connectivity index (χ0) is 23.5. The van der Waals surface area contributed by atoms with Gasteiger partial charge in [-0.05, 0) is 93.1 Å². The van der Waals surface area contributed by atoms with Crippen molar-refractivity contribution in [3.8, 4) is 11.5 Å². The van der Waals surface area contributed by atoms with Gasteiger partial charge in [0.1, 0.15) is 28.3 Å². The van der Waals surface area contributed by atoms with Crippen LogP contribution in [0, 0.1) is 0 Å². The molecule has 172 valence electrons. The Kier molecular flexibility index (Phi) is 4.83. The SMILES string of the molecule is CC1(C)CCc2cc(C3=C(O)C(=Cc4ccc5c(c4)CC(O)C(C)(C)O5)OC3=O)ccc2O1. The van der Waals surface area contributed by atoms with Crippen LogP contribution in [0.25, 0.3) is 11.6 Å². The summed E-state index contributed by atoms with van der Waals surface area (Å²) in [4.78, 5) is 12.6. The van der Waals surface area contributed by atoms with Crippen molar-refractivity contribution in [1.29, 1.82) is 0 Å². The molecule has 3 heterocycles. The maximum absolute atomic E-state index is 12.6. The van der Waals surface area contributed by atoms with Crippen LogP contribution in [-0.4, -0.2) is 33.5 Å². The smallest absolute Gasteiger partial charge is 0.348 e. The van der Waals surface area contributed by atoms with Crippen LogP contribution < -0.4 is 9.47 Å². The Labute approximate surface area is 193 Å². The zero-order valence-corrected chi connectivity index (χ0v) is 19.3. The summed E-state index contributed by atoms with van der Waals surface area (Å²) in [6.07, 6.45) is 3.16. The van der Waals surface area contributed by atoms with Gasteiger partial charge in [-0.15, -0.1) is 0 Å². The van der Waals surface area contributed by atoms with Crippen LogP contribution in [0.2, 0.25) is 0 Å². The molecule has 1 unspecified atom stereocenters. The van der Waals surface area contributed by atoms with Crippen molar-refractivity contribution in [3.05, 3.63) is 70.2 Å². The van der Waals surface area contributed by atoms with Crippen molar-refractivity contribution in [2.24, 2.45) is 0 Å². The minimum atomic E-state index is -0.653. The topological polar surface area (TPSA) is 85.2 Å². The van der Waals surface area contributed by atoms with Gasteiger partial charge in [0.25, 0.3) is 0 Å². The predicted octanol–water partition coefficient (Wildman–Crippen LogP) is 4.73. The van der Waals surface area contributed by atoms with Gasteiger partial charge in [-0.25, -0.2) is 4.79 Å². The summed E-state index contributed by atoms with van der Waals surface area (Å²) < 4.78 is 17.3. The lowest BCUT2D eigenvalue weighted by molar-refractivity contribution is -0.131. The van der Waals surface area contributed by atoms with E-state index in [9.17, 15) is 15.0 Å². The standard InChI is InChI=1S/C27H28O6/c1-26(2)10-9-16-13-17(6-8-19(16)32-26)23-24(29)21(31-25(23)30)12-15-5-7-20-18(11-15)14-22(28)27(3,4)33-20/h5-8,11-13,22,28-29H,9-10,14H2,1-4H3. The second-order valence-electron chi connectivity index (χ2n) is 10.1. The largest absolute Gasteiger partial charge is 0.504 e. The number of carbonyl (C=O) groups excluding carboxylic acids is 1. The van der Waals surface area contributed by atoms with Crippen molar-refractivity contribution < 1.29 is 29.2 Å². The number of aliphatic hydroxyl groups is 2. The number of carbonyl (C=O) groups is 1. The van der Waals surface area contributed by atoms with Gasteiger partial charge < -0.3 is 24.4 Å². The van der Waals surface area contributed by atoms with Crippen molar-refractivity contribution in [2.45, 2.75) is 64.3 Å². The molecule has 6 nitrogen and oxygen atoms in total. The van der Waals surface area contributed by atoms with E-state index in [0.29, 0.717) is 12.0 Å². The molecule has 6 heteroatoms. The van der Waals surface area contributed by atoms with E-state index in [2.05, 4.69) is 13.8 Å². The molecule has 0 bridgehead atoms. The van der Waals surface area contributed by atoms with Crippen molar-refractivity contribution >= 4 is 17.6 Å². The first kappa shape index (κ1) is 21.6. The molecule has 2 aromatic carbocycles. The van der Waals surface area contributed by atoms with E-state index in [1.807, 2.05) is 44.2 Å². The number of hydrogen-bond acceptors (Lipinski definition) is 6. The molecule has 1 atom stereocenters. The molecule has 5 rings (SSSR count). The van der Waals surface area contributed by atoms with Gasteiger partial charge >= 0.3 is 5.97 Å². The Bertz CT molecular complexity index is 1220. The highest BCUT2D eigenvalue weighted by Crippen LogP contribution is 2.39. The van der Waals surface area contributed by atoms with Crippen LogP contribution in [0.5, 0.6) is 11.5 Å². The number of ether oxygens (including phenoxy) is 3. The molecule has 0 aromatic heterocycles. The minimum absolute atomic E-state index is 0.0997. The summed E-state index contributed by atoms with van der Waals surface area (Å²) in [6.45, 7) is 7.81. The van der Waals surface area contributed by atoms with Gasteiger partial charge in [0, 0.05) is 6.42 Å². The van der Waals surface area contributed by atoms with Gasteiger partial charge in [0.05, 0.1) is 6.10 Å². The van der Waals surface area contributed by atoms with Crippen LogP contribution in [-0.2, 0) is 22.4 Å². The minimum Gasteiger partial charge on any atom is -0.504 e. The third-order valence-corrected chi connectivity index (χ3v) is 6.58. The predicted molar refractivity (Wildman–Crippen MR) is 124 cm³/mol. The van der Waals surface area contributed by atoms with Crippen LogP contribution >= 0.6 is 0 Å². The Morgan fingerprint density at radius 1 is 1.00 bits per heavy atom. The highest BCUT2D eigenvalue weighted by molar-refractivity contribution is 6.21. The monoisotopic (exact) mass is 448 g/mol. The summed E-state index contributed by atoms with van der Waals surface area (Å²) in [7, 11) is 0. The summed E-state index contributed by atoms with van der Waals surface area (Å²) in [5, 5.41) is 21.2. The van der Waals surface area contributed by atoms with Crippen molar-refractivity contribution in [2.75, 3.05) is 0 Å². The van der Waals surface area contributed by atoms with Gasteiger partial charge in [-0.2, -0.15) is 0 Å². The molecule has 3 aliphatic heterocycles. The van der Waals surface area contributed by atoms with E-state index in [0.717, 1.165) is 41.0 Å². The number of benzene rings is 2. The molecule has 0 spiro atoms. The Morgan fingerprint density at radius 3 is 2.52 bits per heavy atom. The maximum Gasteiger partial charge on any atom is 0.348 e. The quantitative estimate of drug-likeness (QED) is 0.646. The summed E-state index contributed by atoms with van der Waals surface area (Å²) in [6, 6.07) is 11.0. The first-order chi connectivity index (χ1) is 15.5. The first-order valence-corrected chi connectivity index (χ1v) is 11.2. The molecule has 2 N–H and O–H groups in total. The lowest BCUT2D eigenvalue weighted by Gasteiger charge is -2.37. The van der Waals surface area contributed by atoms with Gasteiger partial charge in [-0.1, -0.05) is 12.1 Å². The Morgan fingerprint density at radius 2 is 1.73 bits per heavy atom. The molecule has 0 aliphatic carbocycles. The molecular weight excluding hydrogens is 420 g/mol. The van der Waals surface area contributed by atoms with Crippen molar-refractivity contribution in [1.82, 2.24) is 0 Å². The van der Waals surface area contributed by atoms with Gasteiger partial charge in [0.2, 0.25) is 0 Å². The number of esters is 1. The molecule has 0 saturated heterocycles. The highest BCUT2D eigenvalue weighted by Gasteiger charge is 2.36. The molecule has 2 aromatic rings. The van der Waals surface area contributed by atoms with Crippen molar-refractivity contribution in [3.63, 3.8) is 0 Å². The third kappa shape index (κ3) is 3.89. The molecule has 0 amide bonds. The molecule has 3 aliphatic rings. The first-order valence-electron chi connectivity index (χ1n) is 11.2. The van der Waals surface area contributed by atoms with Crippen LogP contribution in [0.1, 0.15) is 56.4 Å². The average Bonchev–Trinajstić information content (AvgIpc) is 3.01. The normalized spacial score (nSPS) is 24.0. The van der Waals surface area contributed by atoms with E-state index in [1.165, 1.54) is 0 Å². The fourth-order valence-corrected chi connectivity index (χ4v) is 4.49. The average molecular weight is 449 g/mol. The Balaban J connectivity index is 1.46. The fraction of sp³-hybridized carbons (Fsp3) is 0.370. The number of rotatable bonds is 2. The molecular formula is C27H28O6. The van der Waals surface area contributed by atoms with E-state index in [4.69, 9.17) is 14.2 Å². The van der Waals surface area contributed by atoms with Crippen LogP contribution in [0.4, 0.5) is 0 Å². The summed E-state index contributed by atoms with van der Waals surface area (Å²) in [5.74, 6) is 0.846. The molecule has 0 saturated carbocycles. The lowest BCUT2D eigenvalue weighted by atomic mass is 9.90. The number of aliphatic hydroxyl groups excluding tert-OH is 2. The van der Waals surface area contributed by atoms with E-state index < -0.39 is 17.7 Å². The number of fused-ring (bicyclic) bond motifs is 2. The molecule has 0 radical (unpaired) electrons. The number of cyclic esters (lactones) is 1. The van der Waals surface area contributed by atoms with E-state index >= 15 is 0 Å². The number of aryl methyl sites for hydroxylation is 1. The fourth-order valence-electron chi connectivity index (χ4n) is 4.49. The van der Waals surface area contributed by atoms with Gasteiger partial charge in [0.15, 0.2) is 11.5 Å². The van der Waals surface area contributed by atoms with Crippen LogP contribution in [0.15, 0.2) is 47.9 Å². The van der Waals surface area contributed by atoms with Crippen LogP contribution in [0.3, 0.4) is 0 Å². The molecule has 0 fully saturated rings.